The fourth-order valence-electron chi connectivity index (χ4n) is 3.89. The number of nitrogens with zero attached hydrogens (tertiary/aromatic N) is 2. The van der Waals surface area contributed by atoms with Crippen LogP contribution in [0.5, 0.6) is 0 Å². The Morgan fingerprint density at radius 1 is 1.14 bits per heavy atom. The molecule has 5 nitrogen and oxygen atoms in total. The highest BCUT2D eigenvalue weighted by molar-refractivity contribution is 9.10. The summed E-state index contributed by atoms with van der Waals surface area (Å²) >= 11 is 3.64. The Morgan fingerprint density at radius 2 is 1.93 bits per heavy atom. The number of aryl methyl sites for hydroxylation is 1. The predicted molar refractivity (Wildman–Crippen MR) is 122 cm³/mol. The fourth-order valence-corrected chi connectivity index (χ4v) is 4.40. The molecule has 1 unspecified atom stereocenters. The first-order chi connectivity index (χ1) is 14.2. The standard InChI is InChI=1S/C23H27BrN4O/c1-16(29-2)22-19(14-21(15-27-22)28-10-8-25-9-11-28)6-5-18-13-20(24)12-17-4-3-7-26-23(17)18/h12-16,25-26H,3-4,7-11H2,1-2H3. The Hall–Kier alpha value is -2.07. The number of aromatic nitrogens is 1. The van der Waals surface area contributed by atoms with E-state index >= 15 is 0 Å². The zero-order valence-corrected chi connectivity index (χ0v) is 18.6. The monoisotopic (exact) mass is 454 g/mol. The average molecular weight is 455 g/mol. The van der Waals surface area contributed by atoms with Gasteiger partial charge in [-0.25, -0.2) is 0 Å². The van der Waals surface area contributed by atoms with E-state index in [0.717, 1.165) is 72.5 Å². The van der Waals surface area contributed by atoms with Crippen molar-refractivity contribution in [1.29, 1.82) is 0 Å². The van der Waals surface area contributed by atoms with Gasteiger partial charge in [-0.1, -0.05) is 27.8 Å². The van der Waals surface area contributed by atoms with E-state index < -0.39 is 0 Å². The van der Waals surface area contributed by atoms with E-state index in [2.05, 4.69) is 61.5 Å². The van der Waals surface area contributed by atoms with E-state index in [4.69, 9.17) is 9.72 Å². The second kappa shape index (κ2) is 9.17. The number of pyridine rings is 1. The van der Waals surface area contributed by atoms with Crippen molar-refractivity contribution in [3.05, 3.63) is 51.3 Å². The topological polar surface area (TPSA) is 49.4 Å². The highest BCUT2D eigenvalue weighted by Crippen LogP contribution is 2.30. The summed E-state index contributed by atoms with van der Waals surface area (Å²) in [6.45, 7) is 6.96. The van der Waals surface area contributed by atoms with E-state index in [9.17, 15) is 0 Å². The van der Waals surface area contributed by atoms with Gasteiger partial charge >= 0.3 is 0 Å². The first kappa shape index (κ1) is 20.2. The van der Waals surface area contributed by atoms with Crippen molar-refractivity contribution in [3.8, 4) is 11.8 Å². The van der Waals surface area contributed by atoms with Gasteiger partial charge in [0.1, 0.15) is 0 Å². The first-order valence-electron chi connectivity index (χ1n) is 10.2. The molecule has 0 aliphatic carbocycles. The maximum Gasteiger partial charge on any atom is 0.0975 e. The van der Waals surface area contributed by atoms with Crippen LogP contribution in [0.3, 0.4) is 0 Å². The van der Waals surface area contributed by atoms with E-state index in [1.807, 2.05) is 13.1 Å². The molecule has 1 saturated heterocycles. The van der Waals surface area contributed by atoms with Crippen LogP contribution in [0.1, 0.15) is 41.8 Å². The summed E-state index contributed by atoms with van der Waals surface area (Å²) in [6, 6.07) is 6.45. The van der Waals surface area contributed by atoms with Gasteiger partial charge in [-0.05, 0) is 43.5 Å². The Kier molecular flexibility index (Phi) is 6.39. The number of anilines is 2. The molecule has 2 aliphatic rings. The molecule has 2 aromatic rings. The van der Waals surface area contributed by atoms with Gasteiger partial charge < -0.3 is 20.3 Å². The molecule has 2 N–H and O–H groups in total. The van der Waals surface area contributed by atoms with Crippen LogP contribution in [0.15, 0.2) is 28.9 Å². The molecule has 152 valence electrons. The molecule has 6 heteroatoms. The molecule has 1 aromatic heterocycles. The number of hydrogen-bond acceptors (Lipinski definition) is 5. The Bertz CT molecular complexity index is 944. The SMILES string of the molecule is COC(C)c1ncc(N2CCNCC2)cc1C#Cc1cc(Br)cc2c1NCCC2. The quantitative estimate of drug-likeness (QED) is 0.692. The van der Waals surface area contributed by atoms with E-state index in [0.29, 0.717) is 0 Å². The highest BCUT2D eigenvalue weighted by atomic mass is 79.9. The molecule has 2 aliphatic heterocycles. The summed E-state index contributed by atoms with van der Waals surface area (Å²) in [5.74, 6) is 6.82. The number of nitrogens with one attached hydrogen (secondary N) is 2. The van der Waals surface area contributed by atoms with Crippen molar-refractivity contribution in [2.75, 3.05) is 50.1 Å². The molecule has 3 heterocycles. The van der Waals surface area contributed by atoms with Crippen molar-refractivity contribution >= 4 is 27.3 Å². The summed E-state index contributed by atoms with van der Waals surface area (Å²) < 4.78 is 6.62. The number of methoxy groups -OCH3 is 1. The van der Waals surface area contributed by atoms with Crippen LogP contribution in [-0.2, 0) is 11.2 Å². The van der Waals surface area contributed by atoms with Crippen molar-refractivity contribution in [2.24, 2.45) is 0 Å². The van der Waals surface area contributed by atoms with Crippen LogP contribution in [0.2, 0.25) is 0 Å². The van der Waals surface area contributed by atoms with E-state index in [1.165, 1.54) is 11.3 Å². The van der Waals surface area contributed by atoms with Crippen LogP contribution >= 0.6 is 15.9 Å². The zero-order valence-electron chi connectivity index (χ0n) is 17.0. The number of rotatable bonds is 3. The second-order valence-corrected chi connectivity index (χ2v) is 8.42. The van der Waals surface area contributed by atoms with Crippen molar-refractivity contribution < 1.29 is 4.74 Å². The lowest BCUT2D eigenvalue weighted by molar-refractivity contribution is 0.116. The molecule has 29 heavy (non-hydrogen) atoms. The molecule has 1 fully saturated rings. The van der Waals surface area contributed by atoms with Gasteiger partial charge in [0, 0.05) is 49.9 Å². The largest absolute Gasteiger partial charge is 0.384 e. The van der Waals surface area contributed by atoms with Crippen LogP contribution in [0.4, 0.5) is 11.4 Å². The van der Waals surface area contributed by atoms with Crippen LogP contribution in [-0.4, -0.2) is 44.8 Å². The molecule has 4 rings (SSSR count). The van der Waals surface area contributed by atoms with E-state index in [-0.39, 0.29) is 6.10 Å². The second-order valence-electron chi connectivity index (χ2n) is 7.51. The minimum atomic E-state index is -0.106. The summed E-state index contributed by atoms with van der Waals surface area (Å²) in [7, 11) is 1.71. The minimum Gasteiger partial charge on any atom is -0.384 e. The number of halogens is 1. The fraction of sp³-hybridized carbons (Fsp3) is 0.435. The number of piperazine rings is 1. The Balaban J connectivity index is 1.73. The number of benzene rings is 1. The lowest BCUT2D eigenvalue weighted by Gasteiger charge is -2.29. The lowest BCUT2D eigenvalue weighted by Crippen LogP contribution is -2.43. The summed E-state index contributed by atoms with van der Waals surface area (Å²) in [5, 5.41) is 6.92. The van der Waals surface area contributed by atoms with Crippen LogP contribution in [0, 0.1) is 11.8 Å². The van der Waals surface area contributed by atoms with Gasteiger partial charge in [0.2, 0.25) is 0 Å². The first-order valence-corrected chi connectivity index (χ1v) is 11.0. The summed E-state index contributed by atoms with van der Waals surface area (Å²) in [5.41, 5.74) is 6.46. The molecule has 0 saturated carbocycles. The van der Waals surface area contributed by atoms with Gasteiger partial charge in [0.15, 0.2) is 0 Å². The number of ether oxygens (including phenoxy) is 1. The van der Waals surface area contributed by atoms with Gasteiger partial charge in [-0.2, -0.15) is 0 Å². The molecular formula is C23H27BrN4O. The molecule has 1 aromatic carbocycles. The third-order valence-electron chi connectivity index (χ3n) is 5.57. The highest BCUT2D eigenvalue weighted by Gasteiger charge is 2.17. The van der Waals surface area contributed by atoms with Crippen molar-refractivity contribution in [2.45, 2.75) is 25.9 Å². The molecule has 0 radical (unpaired) electrons. The molecule has 0 amide bonds. The maximum atomic E-state index is 5.55. The zero-order chi connectivity index (χ0) is 20.2. The van der Waals surface area contributed by atoms with Gasteiger partial charge in [0.05, 0.1) is 34.9 Å². The minimum absolute atomic E-state index is 0.106. The van der Waals surface area contributed by atoms with Crippen LogP contribution < -0.4 is 15.5 Å². The molecular weight excluding hydrogens is 428 g/mol. The van der Waals surface area contributed by atoms with Crippen molar-refractivity contribution in [3.63, 3.8) is 0 Å². The Morgan fingerprint density at radius 3 is 2.72 bits per heavy atom. The summed E-state index contributed by atoms with van der Waals surface area (Å²) in [4.78, 5) is 7.09. The molecule has 1 atom stereocenters. The van der Waals surface area contributed by atoms with Crippen LogP contribution in [0.25, 0.3) is 0 Å². The smallest absolute Gasteiger partial charge is 0.0975 e. The van der Waals surface area contributed by atoms with Gasteiger partial charge in [0.25, 0.3) is 0 Å². The van der Waals surface area contributed by atoms with Crippen molar-refractivity contribution in [1.82, 2.24) is 10.3 Å². The average Bonchev–Trinajstić information content (AvgIpc) is 2.77. The predicted octanol–water partition coefficient (Wildman–Crippen LogP) is 3.72. The number of hydrogen-bond donors (Lipinski definition) is 2. The Labute approximate surface area is 181 Å². The van der Waals surface area contributed by atoms with E-state index in [1.54, 1.807) is 7.11 Å². The third kappa shape index (κ3) is 4.58. The third-order valence-corrected chi connectivity index (χ3v) is 6.02. The summed E-state index contributed by atoms with van der Waals surface area (Å²) in [6.07, 6.45) is 4.08. The number of fused-ring (bicyclic) bond motifs is 1. The lowest BCUT2D eigenvalue weighted by atomic mass is 9.99. The van der Waals surface area contributed by atoms with Gasteiger partial charge in [-0.15, -0.1) is 0 Å². The van der Waals surface area contributed by atoms with Gasteiger partial charge in [-0.3, -0.25) is 4.98 Å². The normalized spacial score (nSPS) is 17.0. The molecule has 0 spiro atoms. The molecule has 0 bridgehead atoms. The maximum absolute atomic E-state index is 5.55.